The van der Waals surface area contributed by atoms with Crippen molar-refractivity contribution in [3.05, 3.63) is 22.6 Å². The van der Waals surface area contributed by atoms with Gasteiger partial charge in [-0.15, -0.1) is 0 Å². The quantitative estimate of drug-likeness (QED) is 0.259. The lowest BCUT2D eigenvalue weighted by Gasteiger charge is -2.54. The lowest BCUT2D eigenvalue weighted by Crippen LogP contribution is -2.80. The summed E-state index contributed by atoms with van der Waals surface area (Å²) in [4.78, 5) is 27.3. The Labute approximate surface area is 133 Å². The molecule has 0 spiro atoms. The first kappa shape index (κ1) is 15.8. The van der Waals surface area contributed by atoms with E-state index in [0.29, 0.717) is 0 Å². The van der Waals surface area contributed by atoms with Crippen molar-refractivity contribution in [1.82, 2.24) is 5.32 Å². The van der Waals surface area contributed by atoms with E-state index >= 15 is 0 Å². The summed E-state index contributed by atoms with van der Waals surface area (Å²) in [5, 5.41) is 17.0. The highest BCUT2D eigenvalue weighted by atomic mass is 16.6. The molecule has 0 bridgehead atoms. The number of nitrogens with zero attached hydrogens (tertiary/aromatic N) is 3. The van der Waals surface area contributed by atoms with Gasteiger partial charge in [-0.1, -0.05) is 17.3 Å². The molecule has 0 saturated carbocycles. The zero-order valence-corrected chi connectivity index (χ0v) is 12.9. The minimum Gasteiger partial charge on any atom is -0.453 e. The number of aliphatic hydroxyl groups excluding tert-OH is 1. The van der Waals surface area contributed by atoms with Crippen LogP contribution in [0.25, 0.3) is 10.4 Å². The predicted molar refractivity (Wildman–Crippen MR) is 80.0 cm³/mol. The molecule has 0 aromatic carbocycles. The standard InChI is InChI=1S/C15H20N4O4/c1-14-10(7-8-17-19-16)12(21)18-15(14,13(22)23-14)11(20)9-5-3-2-4-6-9/h3,5,9-11,20H,2,4,6-8H2,1H3,(H,18,21)/t9-,10-,11-,14+,15?/m0/s1. The Kier molecular flexibility index (Phi) is 3.82. The number of allylic oxidation sites excluding steroid dienone is 1. The maximum Gasteiger partial charge on any atom is 0.339 e. The molecule has 2 aliphatic heterocycles. The van der Waals surface area contributed by atoms with E-state index in [2.05, 4.69) is 15.3 Å². The topological polar surface area (TPSA) is 124 Å². The summed E-state index contributed by atoms with van der Waals surface area (Å²) in [6.45, 7) is 1.81. The number of esters is 1. The zero-order chi connectivity index (χ0) is 16.7. The largest absolute Gasteiger partial charge is 0.453 e. The van der Waals surface area contributed by atoms with Crippen molar-refractivity contribution in [2.75, 3.05) is 6.54 Å². The van der Waals surface area contributed by atoms with Gasteiger partial charge in [-0.25, -0.2) is 4.79 Å². The molecule has 3 rings (SSSR count). The van der Waals surface area contributed by atoms with Gasteiger partial charge in [-0.3, -0.25) is 4.79 Å². The Bertz CT molecular complexity index is 615. The first-order chi connectivity index (χ1) is 11.0. The van der Waals surface area contributed by atoms with Crippen molar-refractivity contribution in [2.24, 2.45) is 17.0 Å². The van der Waals surface area contributed by atoms with Crippen LogP contribution in [-0.2, 0) is 14.3 Å². The number of azide groups is 1. The number of ether oxygens (including phenoxy) is 1. The van der Waals surface area contributed by atoms with Gasteiger partial charge in [0.15, 0.2) is 5.60 Å². The average molecular weight is 320 g/mol. The minimum absolute atomic E-state index is 0.136. The van der Waals surface area contributed by atoms with Gasteiger partial charge in [0, 0.05) is 17.4 Å². The molecule has 2 heterocycles. The normalized spacial score (nSPS) is 39.6. The van der Waals surface area contributed by atoms with Crippen LogP contribution in [-0.4, -0.2) is 40.8 Å². The summed E-state index contributed by atoms with van der Waals surface area (Å²) < 4.78 is 5.34. The van der Waals surface area contributed by atoms with Crippen molar-refractivity contribution < 1.29 is 19.4 Å². The van der Waals surface area contributed by atoms with Crippen LogP contribution in [0.2, 0.25) is 0 Å². The third-order valence-electron chi connectivity index (χ3n) is 5.43. The van der Waals surface area contributed by atoms with E-state index < -0.39 is 29.1 Å². The summed E-state index contributed by atoms with van der Waals surface area (Å²) in [6.07, 6.45) is 5.81. The van der Waals surface area contributed by atoms with Gasteiger partial charge < -0.3 is 15.2 Å². The molecule has 2 N–H and O–H groups in total. The van der Waals surface area contributed by atoms with Crippen LogP contribution in [0.15, 0.2) is 17.3 Å². The Morgan fingerprint density at radius 1 is 1.61 bits per heavy atom. The van der Waals surface area contributed by atoms with E-state index in [4.69, 9.17) is 10.3 Å². The monoisotopic (exact) mass is 320 g/mol. The lowest BCUT2D eigenvalue weighted by atomic mass is 9.64. The third-order valence-corrected chi connectivity index (χ3v) is 5.43. The SMILES string of the molecule is C[C@]12OC(=O)C1([C@@H](O)[C@H]1C=CCCC1)NC(=O)[C@@H]2CCN=[N+]=[N-]. The van der Waals surface area contributed by atoms with E-state index in [1.807, 2.05) is 12.2 Å². The first-order valence-electron chi connectivity index (χ1n) is 7.88. The Hall–Kier alpha value is -2.05. The van der Waals surface area contributed by atoms with Crippen LogP contribution >= 0.6 is 0 Å². The highest BCUT2D eigenvalue weighted by molar-refractivity contribution is 6.01. The number of fused-ring (bicyclic) bond motifs is 1. The molecule has 1 unspecified atom stereocenters. The maximum atomic E-state index is 12.4. The fraction of sp³-hybridized carbons (Fsp3) is 0.733. The van der Waals surface area contributed by atoms with Crippen molar-refractivity contribution in [3.8, 4) is 0 Å². The number of hydrogen-bond donors (Lipinski definition) is 2. The van der Waals surface area contributed by atoms with Crippen molar-refractivity contribution in [2.45, 2.75) is 49.9 Å². The molecule has 5 atom stereocenters. The summed E-state index contributed by atoms with van der Waals surface area (Å²) in [5.41, 5.74) is 5.86. The summed E-state index contributed by atoms with van der Waals surface area (Å²) in [7, 11) is 0. The number of carbonyl (C=O) groups is 2. The molecule has 0 aromatic heterocycles. The smallest absolute Gasteiger partial charge is 0.339 e. The minimum atomic E-state index is -1.41. The highest BCUT2D eigenvalue weighted by Crippen LogP contribution is 2.53. The molecule has 124 valence electrons. The van der Waals surface area contributed by atoms with Crippen LogP contribution in [0.5, 0.6) is 0 Å². The molecule has 3 aliphatic rings. The van der Waals surface area contributed by atoms with Crippen molar-refractivity contribution in [3.63, 3.8) is 0 Å². The van der Waals surface area contributed by atoms with Crippen LogP contribution in [0.4, 0.5) is 0 Å². The van der Waals surface area contributed by atoms with E-state index in [-0.39, 0.29) is 24.8 Å². The van der Waals surface area contributed by atoms with Crippen LogP contribution in [0.1, 0.15) is 32.6 Å². The number of amides is 1. The maximum absolute atomic E-state index is 12.4. The molecule has 2 fully saturated rings. The molecular weight excluding hydrogens is 300 g/mol. The Morgan fingerprint density at radius 3 is 3.00 bits per heavy atom. The van der Waals surface area contributed by atoms with E-state index in [1.165, 1.54) is 0 Å². The lowest BCUT2D eigenvalue weighted by molar-refractivity contribution is -0.238. The fourth-order valence-corrected chi connectivity index (χ4v) is 4.11. The van der Waals surface area contributed by atoms with Crippen LogP contribution in [0.3, 0.4) is 0 Å². The summed E-state index contributed by atoms with van der Waals surface area (Å²) in [5.74, 6) is -1.75. The Morgan fingerprint density at radius 2 is 2.39 bits per heavy atom. The second-order valence-corrected chi connectivity index (χ2v) is 6.56. The highest BCUT2D eigenvalue weighted by Gasteiger charge is 2.79. The second-order valence-electron chi connectivity index (χ2n) is 6.56. The molecule has 8 nitrogen and oxygen atoms in total. The summed E-state index contributed by atoms with van der Waals surface area (Å²) >= 11 is 0. The van der Waals surface area contributed by atoms with Gasteiger partial charge in [0.1, 0.15) is 0 Å². The number of hydrogen-bond acceptors (Lipinski definition) is 5. The van der Waals surface area contributed by atoms with E-state index in [0.717, 1.165) is 19.3 Å². The van der Waals surface area contributed by atoms with Gasteiger partial charge >= 0.3 is 5.97 Å². The number of nitrogens with one attached hydrogen (secondary N) is 1. The van der Waals surface area contributed by atoms with Crippen LogP contribution in [0, 0.1) is 11.8 Å². The molecule has 0 radical (unpaired) electrons. The average Bonchev–Trinajstić information content (AvgIpc) is 2.72. The zero-order valence-electron chi connectivity index (χ0n) is 12.9. The number of rotatable bonds is 5. The van der Waals surface area contributed by atoms with Crippen LogP contribution < -0.4 is 5.32 Å². The molecular formula is C15H20N4O4. The van der Waals surface area contributed by atoms with Gasteiger partial charge in [0.05, 0.1) is 12.0 Å². The summed E-state index contributed by atoms with van der Waals surface area (Å²) in [6, 6.07) is 0. The van der Waals surface area contributed by atoms with Gasteiger partial charge in [0.25, 0.3) is 0 Å². The third kappa shape index (κ3) is 2.05. The molecule has 1 amide bonds. The van der Waals surface area contributed by atoms with Gasteiger partial charge in [-0.2, -0.15) is 0 Å². The van der Waals surface area contributed by atoms with Crippen molar-refractivity contribution in [1.29, 1.82) is 0 Å². The molecule has 0 aromatic rings. The fourth-order valence-electron chi connectivity index (χ4n) is 4.11. The molecule has 1 aliphatic carbocycles. The molecule has 8 heteroatoms. The molecule has 23 heavy (non-hydrogen) atoms. The van der Waals surface area contributed by atoms with Gasteiger partial charge in [-0.05, 0) is 38.1 Å². The van der Waals surface area contributed by atoms with E-state index in [9.17, 15) is 14.7 Å². The first-order valence-corrected chi connectivity index (χ1v) is 7.88. The number of aliphatic hydroxyl groups is 1. The Balaban J connectivity index is 1.89. The second kappa shape index (κ2) is 5.54. The number of carbonyl (C=O) groups excluding carboxylic acids is 2. The van der Waals surface area contributed by atoms with E-state index in [1.54, 1.807) is 6.92 Å². The van der Waals surface area contributed by atoms with Crippen molar-refractivity contribution >= 4 is 11.9 Å². The molecule has 2 saturated heterocycles. The predicted octanol–water partition coefficient (Wildman–Crippen LogP) is 1.20. The van der Waals surface area contributed by atoms with Gasteiger partial charge in [0.2, 0.25) is 11.4 Å².